The zero-order valence-electron chi connectivity index (χ0n) is 13.9. The molecule has 1 N–H and O–H groups in total. The van der Waals surface area contributed by atoms with Gasteiger partial charge >= 0.3 is 5.97 Å². The van der Waals surface area contributed by atoms with Crippen molar-refractivity contribution in [3.63, 3.8) is 0 Å². The first kappa shape index (κ1) is 19.3. The molecule has 2 aromatic rings. The van der Waals surface area contributed by atoms with Crippen molar-refractivity contribution in [1.82, 2.24) is 0 Å². The number of benzene rings is 2. The Kier molecular flexibility index (Phi) is 6.99. The molecule has 0 spiro atoms. The fraction of sp³-hybridized carbons (Fsp3) is 0.167. The van der Waals surface area contributed by atoms with Crippen molar-refractivity contribution < 1.29 is 28.6 Å². The predicted octanol–water partition coefficient (Wildman–Crippen LogP) is 2.72. The Morgan fingerprint density at radius 3 is 2.58 bits per heavy atom. The second-order valence-corrected chi connectivity index (χ2v) is 5.41. The zero-order valence-corrected chi connectivity index (χ0v) is 14.6. The summed E-state index contributed by atoms with van der Waals surface area (Å²) >= 11 is 5.96. The van der Waals surface area contributed by atoms with Gasteiger partial charge in [0.1, 0.15) is 11.5 Å². The van der Waals surface area contributed by atoms with Crippen LogP contribution < -0.4 is 14.8 Å². The molecule has 0 radical (unpaired) electrons. The largest absolute Gasteiger partial charge is 0.495 e. The van der Waals surface area contributed by atoms with E-state index >= 15 is 0 Å². The standard InChI is InChI=1S/C18H16ClNO6/c1-24-16-7-6-13(8-14(16)19)20-17(22)10-26-18(23)11-25-15-5-3-2-4-12(15)9-21/h2-9H,10-11H2,1H3,(H,20,22). The van der Waals surface area contributed by atoms with Gasteiger partial charge in [-0.05, 0) is 30.3 Å². The molecule has 1 amide bonds. The van der Waals surface area contributed by atoms with Crippen LogP contribution in [-0.2, 0) is 14.3 Å². The number of ether oxygens (including phenoxy) is 3. The molecule has 0 fully saturated rings. The number of carbonyl (C=O) groups excluding carboxylic acids is 3. The van der Waals surface area contributed by atoms with Gasteiger partial charge in [0, 0.05) is 5.69 Å². The summed E-state index contributed by atoms with van der Waals surface area (Å²) in [4.78, 5) is 34.3. The lowest BCUT2D eigenvalue weighted by molar-refractivity contribution is -0.149. The van der Waals surface area contributed by atoms with Crippen LogP contribution in [-0.4, -0.2) is 38.5 Å². The van der Waals surface area contributed by atoms with Crippen LogP contribution in [0.5, 0.6) is 11.5 Å². The summed E-state index contributed by atoms with van der Waals surface area (Å²) in [6, 6.07) is 11.2. The highest BCUT2D eigenvalue weighted by molar-refractivity contribution is 6.32. The Labute approximate surface area is 154 Å². The van der Waals surface area contributed by atoms with Crippen molar-refractivity contribution >= 4 is 35.5 Å². The number of carbonyl (C=O) groups is 3. The molecule has 0 saturated carbocycles. The molecule has 2 aromatic carbocycles. The maximum atomic E-state index is 11.8. The average Bonchev–Trinajstić information content (AvgIpc) is 2.65. The van der Waals surface area contributed by atoms with Crippen molar-refractivity contribution in [3.05, 3.63) is 53.1 Å². The smallest absolute Gasteiger partial charge is 0.344 e. The average molecular weight is 378 g/mol. The summed E-state index contributed by atoms with van der Waals surface area (Å²) in [5.74, 6) is -0.540. The molecular formula is C18H16ClNO6. The molecule has 7 nitrogen and oxygen atoms in total. The number of halogens is 1. The van der Waals surface area contributed by atoms with E-state index < -0.39 is 25.1 Å². The van der Waals surface area contributed by atoms with Crippen molar-refractivity contribution in [2.24, 2.45) is 0 Å². The first-order valence-electron chi connectivity index (χ1n) is 7.49. The van der Waals surface area contributed by atoms with Gasteiger partial charge in [0.2, 0.25) is 0 Å². The first-order chi connectivity index (χ1) is 12.5. The number of esters is 1. The van der Waals surface area contributed by atoms with Gasteiger partial charge < -0.3 is 19.5 Å². The molecule has 0 aliphatic carbocycles. The fourth-order valence-corrected chi connectivity index (χ4v) is 2.23. The van der Waals surface area contributed by atoms with E-state index in [1.807, 2.05) is 0 Å². The number of hydrogen-bond acceptors (Lipinski definition) is 6. The number of hydrogen-bond donors (Lipinski definition) is 1. The van der Waals surface area contributed by atoms with Crippen LogP contribution in [0.2, 0.25) is 5.02 Å². The van der Waals surface area contributed by atoms with Crippen LogP contribution in [0.25, 0.3) is 0 Å². The molecule has 8 heteroatoms. The quantitative estimate of drug-likeness (QED) is 0.562. The normalized spacial score (nSPS) is 9.92. The molecule has 0 bridgehead atoms. The molecule has 0 saturated heterocycles. The topological polar surface area (TPSA) is 90.9 Å². The van der Waals surface area contributed by atoms with Gasteiger partial charge in [-0.2, -0.15) is 0 Å². The molecule has 2 rings (SSSR count). The summed E-state index contributed by atoms with van der Waals surface area (Å²) in [5.41, 5.74) is 0.752. The van der Waals surface area contributed by atoms with Crippen molar-refractivity contribution in [2.45, 2.75) is 0 Å². The number of methoxy groups -OCH3 is 1. The summed E-state index contributed by atoms with van der Waals surface area (Å²) in [6.45, 7) is -0.909. The molecule has 0 unspecified atom stereocenters. The maximum absolute atomic E-state index is 11.8. The second-order valence-electron chi connectivity index (χ2n) is 5.00. The van der Waals surface area contributed by atoms with E-state index in [4.69, 9.17) is 25.8 Å². The Morgan fingerprint density at radius 1 is 1.12 bits per heavy atom. The van der Waals surface area contributed by atoms with Gasteiger partial charge in [-0.3, -0.25) is 9.59 Å². The maximum Gasteiger partial charge on any atom is 0.344 e. The Morgan fingerprint density at radius 2 is 1.88 bits per heavy atom. The summed E-state index contributed by atoms with van der Waals surface area (Å²) < 4.78 is 15.1. The van der Waals surface area contributed by atoms with Crippen LogP contribution in [0.15, 0.2) is 42.5 Å². The van der Waals surface area contributed by atoms with Gasteiger partial charge in [-0.15, -0.1) is 0 Å². The van der Waals surface area contributed by atoms with E-state index in [9.17, 15) is 14.4 Å². The third-order valence-corrected chi connectivity index (χ3v) is 3.49. The van der Waals surface area contributed by atoms with Gasteiger partial charge in [-0.25, -0.2) is 4.79 Å². The summed E-state index contributed by atoms with van der Waals surface area (Å²) in [6.07, 6.45) is 0.619. The third-order valence-electron chi connectivity index (χ3n) is 3.19. The lowest BCUT2D eigenvalue weighted by atomic mass is 10.2. The highest BCUT2D eigenvalue weighted by Crippen LogP contribution is 2.27. The van der Waals surface area contributed by atoms with Crippen molar-refractivity contribution in [2.75, 3.05) is 25.6 Å². The van der Waals surface area contributed by atoms with Gasteiger partial charge in [0.25, 0.3) is 5.91 Å². The number of amides is 1. The highest BCUT2D eigenvalue weighted by atomic mass is 35.5. The fourth-order valence-electron chi connectivity index (χ4n) is 1.97. The zero-order chi connectivity index (χ0) is 18.9. The molecule has 26 heavy (non-hydrogen) atoms. The van der Waals surface area contributed by atoms with E-state index in [0.29, 0.717) is 28.3 Å². The number of para-hydroxylation sites is 1. The van der Waals surface area contributed by atoms with Gasteiger partial charge in [0.15, 0.2) is 19.5 Å². The monoisotopic (exact) mass is 377 g/mol. The number of aldehydes is 1. The Balaban J connectivity index is 1.79. The highest BCUT2D eigenvalue weighted by Gasteiger charge is 2.11. The molecule has 136 valence electrons. The molecule has 0 aliphatic heterocycles. The second kappa shape index (κ2) is 9.43. The van der Waals surface area contributed by atoms with E-state index in [1.165, 1.54) is 13.2 Å². The molecule has 0 atom stereocenters. The summed E-state index contributed by atoms with van der Waals surface area (Å²) in [7, 11) is 1.48. The Bertz CT molecular complexity index is 808. The number of anilines is 1. The number of rotatable bonds is 8. The predicted molar refractivity (Wildman–Crippen MR) is 94.9 cm³/mol. The Hall–Kier alpha value is -3.06. The van der Waals surface area contributed by atoms with Crippen molar-refractivity contribution in [1.29, 1.82) is 0 Å². The first-order valence-corrected chi connectivity index (χ1v) is 7.87. The summed E-state index contributed by atoms with van der Waals surface area (Å²) in [5, 5.41) is 2.88. The van der Waals surface area contributed by atoms with Crippen molar-refractivity contribution in [3.8, 4) is 11.5 Å². The lowest BCUT2D eigenvalue weighted by Gasteiger charge is -2.10. The van der Waals surface area contributed by atoms with Crippen LogP contribution in [0.3, 0.4) is 0 Å². The van der Waals surface area contributed by atoms with Crippen LogP contribution in [0, 0.1) is 0 Å². The van der Waals surface area contributed by atoms with Crippen LogP contribution >= 0.6 is 11.6 Å². The van der Waals surface area contributed by atoms with Crippen LogP contribution in [0.4, 0.5) is 5.69 Å². The van der Waals surface area contributed by atoms with E-state index in [0.717, 1.165) is 0 Å². The minimum atomic E-state index is -0.742. The molecule has 0 heterocycles. The third kappa shape index (κ3) is 5.49. The minimum absolute atomic E-state index is 0.261. The minimum Gasteiger partial charge on any atom is -0.495 e. The number of nitrogens with one attached hydrogen (secondary N) is 1. The molecule has 0 aliphatic rings. The van der Waals surface area contributed by atoms with Gasteiger partial charge in [0.05, 0.1) is 17.7 Å². The van der Waals surface area contributed by atoms with E-state index in [2.05, 4.69) is 5.32 Å². The molecular weight excluding hydrogens is 362 g/mol. The lowest BCUT2D eigenvalue weighted by Crippen LogP contribution is -2.23. The molecule has 0 aromatic heterocycles. The van der Waals surface area contributed by atoms with Gasteiger partial charge in [-0.1, -0.05) is 23.7 Å². The van der Waals surface area contributed by atoms with E-state index in [-0.39, 0.29) is 5.75 Å². The van der Waals surface area contributed by atoms with Crippen LogP contribution in [0.1, 0.15) is 10.4 Å². The van der Waals surface area contributed by atoms with E-state index in [1.54, 1.807) is 36.4 Å². The SMILES string of the molecule is COc1ccc(NC(=O)COC(=O)COc2ccccc2C=O)cc1Cl.